The summed E-state index contributed by atoms with van der Waals surface area (Å²) in [5, 5.41) is 27.2. The highest BCUT2D eigenvalue weighted by molar-refractivity contribution is 5.96. The first kappa shape index (κ1) is 21.3. The number of hydrogen-bond donors (Lipinski definition) is 1. The van der Waals surface area contributed by atoms with Crippen LogP contribution in [0, 0.1) is 16.0 Å². The SMILES string of the molecule is CCn1cc([N+](=O)[O-])c(C(=O)N2CCC3(O)CCCCC3C2c2ccccc2OC)n1. The van der Waals surface area contributed by atoms with Crippen molar-refractivity contribution in [3.63, 3.8) is 0 Å². The Kier molecular flexibility index (Phi) is 5.70. The van der Waals surface area contributed by atoms with E-state index in [4.69, 9.17) is 4.74 Å². The van der Waals surface area contributed by atoms with E-state index in [1.54, 1.807) is 12.0 Å². The molecule has 2 heterocycles. The molecule has 1 saturated heterocycles. The van der Waals surface area contributed by atoms with Gasteiger partial charge in [-0.3, -0.25) is 19.6 Å². The zero-order valence-corrected chi connectivity index (χ0v) is 17.9. The molecule has 2 aromatic rings. The molecule has 1 aliphatic heterocycles. The molecule has 3 unspecified atom stereocenters. The zero-order chi connectivity index (χ0) is 22.2. The van der Waals surface area contributed by atoms with Crippen LogP contribution < -0.4 is 4.74 Å². The third-order valence-corrected chi connectivity index (χ3v) is 6.75. The summed E-state index contributed by atoms with van der Waals surface area (Å²) in [5.74, 6) is -0.0290. The molecule has 1 N–H and O–H groups in total. The highest BCUT2D eigenvalue weighted by atomic mass is 16.6. The summed E-state index contributed by atoms with van der Waals surface area (Å²) >= 11 is 0. The fourth-order valence-electron chi connectivity index (χ4n) is 5.20. The van der Waals surface area contributed by atoms with Crippen LogP contribution in [0.3, 0.4) is 0 Å². The molecule has 1 aromatic heterocycles. The highest BCUT2D eigenvalue weighted by Crippen LogP contribution is 2.51. The highest BCUT2D eigenvalue weighted by Gasteiger charge is 2.51. The van der Waals surface area contributed by atoms with Crippen molar-refractivity contribution in [2.45, 2.75) is 57.2 Å². The maximum absolute atomic E-state index is 13.6. The number of benzene rings is 1. The van der Waals surface area contributed by atoms with Crippen LogP contribution in [-0.2, 0) is 6.54 Å². The molecule has 2 aliphatic rings. The van der Waals surface area contributed by atoms with Crippen molar-refractivity contribution in [1.82, 2.24) is 14.7 Å². The molecule has 0 spiro atoms. The van der Waals surface area contributed by atoms with E-state index < -0.39 is 22.5 Å². The number of hydrogen-bond acceptors (Lipinski definition) is 6. The molecule has 2 fully saturated rings. The summed E-state index contributed by atoms with van der Waals surface area (Å²) in [4.78, 5) is 26.3. The second-order valence-corrected chi connectivity index (χ2v) is 8.37. The van der Waals surface area contributed by atoms with E-state index in [-0.39, 0.29) is 17.3 Å². The van der Waals surface area contributed by atoms with Crippen molar-refractivity contribution < 1.29 is 19.6 Å². The Balaban J connectivity index is 1.81. The van der Waals surface area contributed by atoms with E-state index >= 15 is 0 Å². The average Bonchev–Trinajstić information content (AvgIpc) is 3.22. The van der Waals surface area contributed by atoms with Gasteiger partial charge in [0.05, 0.1) is 23.7 Å². The molecule has 1 aliphatic carbocycles. The third-order valence-electron chi connectivity index (χ3n) is 6.75. The van der Waals surface area contributed by atoms with Gasteiger partial charge in [-0.05, 0) is 32.3 Å². The number of nitrogens with zero attached hydrogens (tertiary/aromatic N) is 4. The van der Waals surface area contributed by atoms with Crippen LogP contribution in [0.5, 0.6) is 5.75 Å². The Morgan fingerprint density at radius 3 is 2.84 bits per heavy atom. The Bertz CT molecular complexity index is 990. The van der Waals surface area contributed by atoms with Gasteiger partial charge in [0.25, 0.3) is 5.91 Å². The maximum atomic E-state index is 13.6. The fraction of sp³-hybridized carbons (Fsp3) is 0.545. The topological polar surface area (TPSA) is 111 Å². The lowest BCUT2D eigenvalue weighted by molar-refractivity contribution is -0.385. The number of ether oxygens (including phenoxy) is 1. The molecule has 9 nitrogen and oxygen atoms in total. The molecule has 0 radical (unpaired) electrons. The fourth-order valence-corrected chi connectivity index (χ4v) is 5.20. The number of aryl methyl sites for hydroxylation is 1. The molecule has 31 heavy (non-hydrogen) atoms. The van der Waals surface area contributed by atoms with Gasteiger partial charge in [0, 0.05) is 24.6 Å². The standard InChI is InChI=1S/C22H28N4O5/c1-3-24-14-17(26(29)30)19(23-24)21(27)25-13-12-22(28)11-7-6-9-16(22)20(25)15-8-4-5-10-18(15)31-2/h4-5,8,10,14,16,20,28H,3,6-7,9,11-13H2,1-2H3. The molecule has 4 rings (SSSR count). The number of methoxy groups -OCH3 is 1. The van der Waals surface area contributed by atoms with Gasteiger partial charge in [-0.1, -0.05) is 31.0 Å². The number of aliphatic hydroxyl groups is 1. The number of nitro groups is 1. The number of amides is 1. The van der Waals surface area contributed by atoms with E-state index in [2.05, 4.69) is 5.10 Å². The first-order chi connectivity index (χ1) is 14.9. The van der Waals surface area contributed by atoms with E-state index in [9.17, 15) is 20.0 Å². The van der Waals surface area contributed by atoms with Crippen LogP contribution >= 0.6 is 0 Å². The predicted octanol–water partition coefficient (Wildman–Crippen LogP) is 3.33. The normalized spacial score (nSPS) is 25.7. The number of piperidine rings is 1. The molecule has 9 heteroatoms. The molecular formula is C22H28N4O5. The van der Waals surface area contributed by atoms with Gasteiger partial charge in [0.15, 0.2) is 0 Å². The molecule has 166 valence electrons. The van der Waals surface area contributed by atoms with Gasteiger partial charge < -0.3 is 14.7 Å². The number of carbonyl (C=O) groups excluding carboxylic acids is 1. The van der Waals surface area contributed by atoms with E-state index in [0.717, 1.165) is 24.8 Å². The van der Waals surface area contributed by atoms with Crippen molar-refractivity contribution in [2.75, 3.05) is 13.7 Å². The maximum Gasteiger partial charge on any atom is 0.320 e. The lowest BCUT2D eigenvalue weighted by atomic mass is 9.66. The van der Waals surface area contributed by atoms with Crippen molar-refractivity contribution in [3.05, 3.63) is 51.8 Å². The van der Waals surface area contributed by atoms with E-state index in [0.29, 0.717) is 31.7 Å². The second kappa shape index (κ2) is 8.30. The van der Waals surface area contributed by atoms with Gasteiger partial charge in [-0.25, -0.2) is 0 Å². The minimum absolute atomic E-state index is 0.159. The van der Waals surface area contributed by atoms with Crippen LogP contribution in [0.15, 0.2) is 30.5 Å². The van der Waals surface area contributed by atoms with Crippen molar-refractivity contribution in [3.8, 4) is 5.75 Å². The minimum atomic E-state index is -0.866. The predicted molar refractivity (Wildman–Crippen MR) is 113 cm³/mol. The van der Waals surface area contributed by atoms with Crippen molar-refractivity contribution in [2.24, 2.45) is 5.92 Å². The van der Waals surface area contributed by atoms with Crippen LogP contribution in [-0.4, -0.2) is 49.9 Å². The number of para-hydroxylation sites is 1. The molecule has 0 bridgehead atoms. The number of fused-ring (bicyclic) bond motifs is 1. The smallest absolute Gasteiger partial charge is 0.320 e. The third kappa shape index (κ3) is 3.67. The first-order valence-corrected chi connectivity index (χ1v) is 10.8. The van der Waals surface area contributed by atoms with Crippen molar-refractivity contribution >= 4 is 11.6 Å². The summed E-state index contributed by atoms with van der Waals surface area (Å²) in [6.45, 7) is 2.53. The van der Waals surface area contributed by atoms with Gasteiger partial charge in [0.2, 0.25) is 5.69 Å². The van der Waals surface area contributed by atoms with Crippen LogP contribution in [0.4, 0.5) is 5.69 Å². The number of aromatic nitrogens is 2. The summed E-state index contributed by atoms with van der Waals surface area (Å²) < 4.78 is 6.99. The van der Waals surface area contributed by atoms with Gasteiger partial charge in [-0.15, -0.1) is 0 Å². The van der Waals surface area contributed by atoms with Crippen LogP contribution in [0.25, 0.3) is 0 Å². The molecule has 1 saturated carbocycles. The lowest BCUT2D eigenvalue weighted by Gasteiger charge is -2.52. The van der Waals surface area contributed by atoms with Crippen LogP contribution in [0.2, 0.25) is 0 Å². The number of rotatable bonds is 5. The largest absolute Gasteiger partial charge is 0.496 e. The Hall–Kier alpha value is -2.94. The summed E-state index contributed by atoms with van der Waals surface area (Å²) in [7, 11) is 1.58. The number of carbonyl (C=O) groups is 1. The Morgan fingerprint density at radius 1 is 1.35 bits per heavy atom. The summed E-state index contributed by atoms with van der Waals surface area (Å²) in [6, 6.07) is 7.03. The quantitative estimate of drug-likeness (QED) is 0.578. The second-order valence-electron chi connectivity index (χ2n) is 8.37. The van der Waals surface area contributed by atoms with Gasteiger partial charge >= 0.3 is 5.69 Å². The van der Waals surface area contributed by atoms with Gasteiger partial charge in [-0.2, -0.15) is 5.10 Å². The van der Waals surface area contributed by atoms with E-state index in [1.165, 1.54) is 10.9 Å². The number of likely N-dealkylation sites (tertiary alicyclic amines) is 1. The molecule has 1 amide bonds. The Morgan fingerprint density at radius 2 is 2.13 bits per heavy atom. The zero-order valence-electron chi connectivity index (χ0n) is 17.9. The summed E-state index contributed by atoms with van der Waals surface area (Å²) in [5.41, 5.74) is -0.515. The monoisotopic (exact) mass is 428 g/mol. The minimum Gasteiger partial charge on any atom is -0.496 e. The average molecular weight is 428 g/mol. The van der Waals surface area contributed by atoms with E-state index in [1.807, 2.05) is 31.2 Å². The first-order valence-electron chi connectivity index (χ1n) is 10.8. The van der Waals surface area contributed by atoms with Gasteiger partial charge in [0.1, 0.15) is 11.9 Å². The Labute approximate surface area is 180 Å². The van der Waals surface area contributed by atoms with Crippen molar-refractivity contribution in [1.29, 1.82) is 0 Å². The molecular weight excluding hydrogens is 400 g/mol. The summed E-state index contributed by atoms with van der Waals surface area (Å²) in [6.07, 6.45) is 5.12. The molecule has 3 atom stereocenters. The van der Waals surface area contributed by atoms with Crippen LogP contribution in [0.1, 0.15) is 61.1 Å². The lowest BCUT2D eigenvalue weighted by Crippen LogP contribution is -2.56. The molecule has 1 aromatic carbocycles.